The number of carbonyl (C=O) groups excluding carboxylic acids is 3. The molecule has 34 heavy (non-hydrogen) atoms. The molecule has 0 fully saturated rings. The molecule has 0 saturated carbocycles. The van der Waals surface area contributed by atoms with Crippen LogP contribution in [0.3, 0.4) is 0 Å². The molecule has 1 aromatic rings. The molecule has 2 atom stereocenters. The minimum atomic E-state index is -1.34. The lowest BCUT2D eigenvalue weighted by atomic mass is 9.91. The van der Waals surface area contributed by atoms with Crippen molar-refractivity contribution in [2.24, 2.45) is 0 Å². The van der Waals surface area contributed by atoms with Crippen LogP contribution < -0.4 is 10.6 Å². The fourth-order valence-corrected chi connectivity index (χ4v) is 3.30. The van der Waals surface area contributed by atoms with Crippen LogP contribution >= 0.6 is 0 Å². The summed E-state index contributed by atoms with van der Waals surface area (Å²) >= 11 is 0. The minimum absolute atomic E-state index is 0.0571. The number of benzene rings is 1. The number of rotatable bonds is 8. The van der Waals surface area contributed by atoms with Gasteiger partial charge in [-0.25, -0.2) is 4.79 Å². The van der Waals surface area contributed by atoms with Crippen LogP contribution in [-0.2, 0) is 14.3 Å². The average molecular weight is 480 g/mol. The molecule has 2 unspecified atom stereocenters. The van der Waals surface area contributed by atoms with Crippen molar-refractivity contribution in [2.75, 3.05) is 6.61 Å². The number of nitrogens with one attached hydrogen (secondary N) is 2. The SMILES string of the molecule is CCC(C)(C)N(C(=O)C(CO)NC(=O)OC(C)(C)C)C(C(=O)NC(C)(C)C)c1cccc(O)c1. The highest BCUT2D eigenvalue weighted by molar-refractivity contribution is 5.93. The van der Waals surface area contributed by atoms with Crippen molar-refractivity contribution in [1.82, 2.24) is 15.5 Å². The van der Waals surface area contributed by atoms with Crippen LogP contribution in [0.5, 0.6) is 5.75 Å². The Morgan fingerprint density at radius 3 is 2.09 bits per heavy atom. The molecule has 0 aromatic heterocycles. The topological polar surface area (TPSA) is 128 Å². The van der Waals surface area contributed by atoms with E-state index >= 15 is 0 Å². The number of amides is 3. The summed E-state index contributed by atoms with van der Waals surface area (Å²) in [6.07, 6.45) is -0.385. The van der Waals surface area contributed by atoms with Gasteiger partial charge in [0.15, 0.2) is 0 Å². The first-order chi connectivity index (χ1) is 15.4. The summed E-state index contributed by atoms with van der Waals surface area (Å²) in [6.45, 7) is 15.3. The predicted molar refractivity (Wildman–Crippen MR) is 130 cm³/mol. The predicted octanol–water partition coefficient (Wildman–Crippen LogP) is 3.25. The average Bonchev–Trinajstić information content (AvgIpc) is 2.66. The number of nitrogens with zero attached hydrogens (tertiary/aromatic N) is 1. The molecule has 0 aliphatic rings. The standard InChI is InChI=1S/C25H41N3O6/c1-10-25(8,9)28(21(32)18(15-29)26-22(33)34-24(5,6)7)19(20(31)27-23(2,3)4)16-12-11-13-17(30)14-16/h11-14,18-19,29-30H,10,15H2,1-9H3,(H,26,33)(H,27,31). The Kier molecular flexibility index (Phi) is 9.52. The van der Waals surface area contributed by atoms with Crippen LogP contribution in [0.25, 0.3) is 0 Å². The summed E-state index contributed by atoms with van der Waals surface area (Å²) in [5.74, 6) is -1.17. The third kappa shape index (κ3) is 8.52. The number of alkyl carbamates (subject to hydrolysis) is 1. The van der Waals surface area contributed by atoms with Gasteiger partial charge in [-0.15, -0.1) is 0 Å². The number of ether oxygens (including phenoxy) is 1. The molecular formula is C25H41N3O6. The van der Waals surface area contributed by atoms with Gasteiger partial charge in [0.05, 0.1) is 6.61 Å². The molecule has 0 bridgehead atoms. The number of hydrogen-bond acceptors (Lipinski definition) is 6. The normalized spacial score (nSPS) is 14.1. The van der Waals surface area contributed by atoms with Gasteiger partial charge in [0.2, 0.25) is 11.8 Å². The third-order valence-electron chi connectivity index (χ3n) is 5.12. The largest absolute Gasteiger partial charge is 0.508 e. The second-order valence-electron chi connectivity index (χ2n) is 11.0. The summed E-state index contributed by atoms with van der Waals surface area (Å²) in [4.78, 5) is 41.1. The van der Waals surface area contributed by atoms with E-state index in [1.54, 1.807) is 46.8 Å². The number of aromatic hydroxyl groups is 1. The third-order valence-corrected chi connectivity index (χ3v) is 5.12. The number of phenolic OH excluding ortho intramolecular Hbond substituents is 1. The van der Waals surface area contributed by atoms with Gasteiger partial charge in [-0.2, -0.15) is 0 Å². The summed E-state index contributed by atoms with van der Waals surface area (Å²) in [5, 5.41) is 25.4. The molecule has 0 heterocycles. The van der Waals surface area contributed by atoms with Crippen LogP contribution in [0, 0.1) is 0 Å². The zero-order valence-corrected chi connectivity index (χ0v) is 21.9. The lowest BCUT2D eigenvalue weighted by Crippen LogP contribution is -2.61. The molecule has 0 aliphatic carbocycles. The van der Waals surface area contributed by atoms with Crippen molar-refractivity contribution in [3.8, 4) is 5.75 Å². The highest BCUT2D eigenvalue weighted by Gasteiger charge is 2.43. The van der Waals surface area contributed by atoms with Gasteiger partial charge in [-0.3, -0.25) is 9.59 Å². The molecule has 1 rings (SSSR count). The van der Waals surface area contributed by atoms with Gasteiger partial charge in [-0.05, 0) is 79.5 Å². The van der Waals surface area contributed by atoms with Crippen molar-refractivity contribution in [3.63, 3.8) is 0 Å². The van der Waals surface area contributed by atoms with Crippen molar-refractivity contribution in [1.29, 1.82) is 0 Å². The van der Waals surface area contributed by atoms with E-state index in [-0.39, 0.29) is 5.75 Å². The second-order valence-corrected chi connectivity index (χ2v) is 11.0. The van der Waals surface area contributed by atoms with E-state index < -0.39 is 53.3 Å². The molecule has 9 heteroatoms. The highest BCUT2D eigenvalue weighted by atomic mass is 16.6. The zero-order valence-electron chi connectivity index (χ0n) is 21.9. The van der Waals surface area contributed by atoms with E-state index in [1.807, 2.05) is 27.7 Å². The van der Waals surface area contributed by atoms with Crippen LogP contribution in [0.1, 0.15) is 80.3 Å². The number of aliphatic hydroxyl groups is 1. The molecule has 0 aliphatic heterocycles. The van der Waals surface area contributed by atoms with E-state index in [2.05, 4.69) is 10.6 Å². The molecule has 9 nitrogen and oxygen atoms in total. The molecule has 0 radical (unpaired) electrons. The van der Waals surface area contributed by atoms with E-state index in [1.165, 1.54) is 17.0 Å². The van der Waals surface area contributed by atoms with E-state index in [0.29, 0.717) is 12.0 Å². The van der Waals surface area contributed by atoms with Crippen molar-refractivity contribution in [2.45, 2.75) is 97.5 Å². The van der Waals surface area contributed by atoms with E-state index in [9.17, 15) is 24.6 Å². The second kappa shape index (κ2) is 11.1. The van der Waals surface area contributed by atoms with Gasteiger partial charge in [0.25, 0.3) is 0 Å². The summed E-state index contributed by atoms with van der Waals surface area (Å²) < 4.78 is 5.24. The Balaban J connectivity index is 3.58. The first-order valence-corrected chi connectivity index (χ1v) is 11.5. The fraction of sp³-hybridized carbons (Fsp3) is 0.640. The highest BCUT2D eigenvalue weighted by Crippen LogP contribution is 2.33. The van der Waals surface area contributed by atoms with Crippen LogP contribution in [0.2, 0.25) is 0 Å². The Morgan fingerprint density at radius 1 is 1.06 bits per heavy atom. The first-order valence-electron chi connectivity index (χ1n) is 11.5. The number of aliphatic hydroxyl groups excluding tert-OH is 1. The van der Waals surface area contributed by atoms with Crippen LogP contribution in [-0.4, -0.2) is 62.3 Å². The molecule has 0 spiro atoms. The lowest BCUT2D eigenvalue weighted by molar-refractivity contribution is -0.150. The van der Waals surface area contributed by atoms with Gasteiger partial charge in [0.1, 0.15) is 23.4 Å². The van der Waals surface area contributed by atoms with Gasteiger partial charge in [0, 0.05) is 11.1 Å². The Labute approximate surface area is 202 Å². The number of phenols is 1. The Hall–Kier alpha value is -2.81. The summed E-state index contributed by atoms with van der Waals surface area (Å²) in [5.41, 5.74) is -1.86. The molecular weight excluding hydrogens is 438 g/mol. The maximum atomic E-state index is 13.8. The first kappa shape index (κ1) is 29.2. The van der Waals surface area contributed by atoms with Gasteiger partial charge < -0.3 is 30.5 Å². The summed E-state index contributed by atoms with van der Waals surface area (Å²) in [6, 6.07) is 3.65. The quantitative estimate of drug-likeness (QED) is 0.453. The fourth-order valence-electron chi connectivity index (χ4n) is 3.30. The molecule has 0 saturated heterocycles. The Bertz CT molecular complexity index is 870. The monoisotopic (exact) mass is 479 g/mol. The Morgan fingerprint density at radius 2 is 1.65 bits per heavy atom. The molecule has 192 valence electrons. The van der Waals surface area contributed by atoms with Gasteiger partial charge >= 0.3 is 6.09 Å². The molecule has 1 aromatic carbocycles. The summed E-state index contributed by atoms with van der Waals surface area (Å²) in [7, 11) is 0. The molecule has 4 N–H and O–H groups in total. The smallest absolute Gasteiger partial charge is 0.408 e. The van der Waals surface area contributed by atoms with Gasteiger partial charge in [-0.1, -0.05) is 19.1 Å². The van der Waals surface area contributed by atoms with Crippen LogP contribution in [0.15, 0.2) is 24.3 Å². The number of hydrogen-bond donors (Lipinski definition) is 4. The number of carbonyl (C=O) groups is 3. The van der Waals surface area contributed by atoms with E-state index in [0.717, 1.165) is 0 Å². The van der Waals surface area contributed by atoms with Crippen molar-refractivity contribution in [3.05, 3.63) is 29.8 Å². The maximum Gasteiger partial charge on any atom is 0.408 e. The van der Waals surface area contributed by atoms with Crippen LogP contribution in [0.4, 0.5) is 4.79 Å². The zero-order chi connectivity index (χ0) is 26.5. The minimum Gasteiger partial charge on any atom is -0.508 e. The molecule has 3 amide bonds. The van der Waals surface area contributed by atoms with E-state index in [4.69, 9.17) is 4.74 Å². The van der Waals surface area contributed by atoms with Crippen molar-refractivity contribution < 1.29 is 29.3 Å². The maximum absolute atomic E-state index is 13.8. The van der Waals surface area contributed by atoms with Crippen molar-refractivity contribution >= 4 is 17.9 Å². The lowest BCUT2D eigenvalue weighted by Gasteiger charge is -2.45.